The largest absolute Gasteiger partial charge is 0.447 e. The molecule has 0 radical (unpaired) electrons. The normalized spacial score (nSPS) is 17.2. The van der Waals surface area contributed by atoms with Gasteiger partial charge in [0.15, 0.2) is 0 Å². The van der Waals surface area contributed by atoms with Crippen molar-refractivity contribution in [1.29, 1.82) is 0 Å². The minimum Gasteiger partial charge on any atom is -0.447 e. The van der Waals surface area contributed by atoms with Crippen molar-refractivity contribution in [3.8, 4) is 0 Å². The molecule has 4 nitrogen and oxygen atoms in total. The number of nitrogens with zero attached hydrogens (tertiary/aromatic N) is 1. The summed E-state index contributed by atoms with van der Waals surface area (Å²) in [6.07, 6.45) is 0.455. The van der Waals surface area contributed by atoms with Crippen LogP contribution in [-0.4, -0.2) is 29.5 Å². The van der Waals surface area contributed by atoms with E-state index < -0.39 is 6.09 Å². The van der Waals surface area contributed by atoms with Crippen molar-refractivity contribution in [1.82, 2.24) is 4.90 Å². The maximum absolute atomic E-state index is 11.7. The summed E-state index contributed by atoms with van der Waals surface area (Å²) < 4.78 is 4.94. The number of imide groups is 1. The average Bonchev–Trinajstić information content (AvgIpc) is 2.71. The molecule has 1 aromatic carbocycles. The number of carbonyl (C=O) groups excluding carboxylic acids is 2. The summed E-state index contributed by atoms with van der Waals surface area (Å²) in [5.41, 5.74) is 1.10. The molecule has 2 rings (SSSR count). The first-order valence-corrected chi connectivity index (χ1v) is 5.75. The van der Waals surface area contributed by atoms with Gasteiger partial charge in [-0.25, -0.2) is 9.69 Å². The van der Waals surface area contributed by atoms with Crippen molar-refractivity contribution in [2.75, 3.05) is 6.61 Å². The second kappa shape index (κ2) is 8.11. The third-order valence-electron chi connectivity index (χ3n) is 2.85. The van der Waals surface area contributed by atoms with Crippen LogP contribution in [-0.2, 0) is 37.0 Å². The first-order valence-electron chi connectivity index (χ1n) is 5.75. The van der Waals surface area contributed by atoms with Crippen molar-refractivity contribution in [2.45, 2.75) is 25.8 Å². The van der Waals surface area contributed by atoms with Gasteiger partial charge in [-0.15, -0.1) is 0 Å². The van der Waals surface area contributed by atoms with E-state index in [0.717, 1.165) is 5.56 Å². The van der Waals surface area contributed by atoms with Gasteiger partial charge in [-0.2, -0.15) is 0 Å². The second-order valence-corrected chi connectivity index (χ2v) is 4.04. The van der Waals surface area contributed by atoms with E-state index in [2.05, 4.69) is 0 Å². The number of hydrogen-bond acceptors (Lipinski definition) is 3. The molecule has 1 atom stereocenters. The number of benzene rings is 1. The molecule has 0 unspecified atom stereocenters. The maximum atomic E-state index is 11.7. The van der Waals surface area contributed by atoms with Gasteiger partial charge in [-0.05, 0) is 12.0 Å². The van der Waals surface area contributed by atoms with Gasteiger partial charge in [0.2, 0.25) is 5.91 Å². The van der Waals surface area contributed by atoms with Gasteiger partial charge in [0.1, 0.15) is 6.61 Å². The molecule has 19 heavy (non-hydrogen) atoms. The Balaban J connectivity index is 0.00000162. The summed E-state index contributed by atoms with van der Waals surface area (Å²) >= 11 is 0. The topological polar surface area (TPSA) is 46.6 Å². The molecule has 0 spiro atoms. The van der Waals surface area contributed by atoms with E-state index in [1.807, 2.05) is 30.3 Å². The fourth-order valence-electron chi connectivity index (χ4n) is 1.97. The number of cyclic esters (lactones) is 1. The van der Waals surface area contributed by atoms with Gasteiger partial charge in [0, 0.05) is 27.5 Å². The van der Waals surface area contributed by atoms with Gasteiger partial charge in [0.05, 0.1) is 6.04 Å². The molecule has 1 fully saturated rings. The molecule has 0 aliphatic carbocycles. The zero-order valence-corrected chi connectivity index (χ0v) is 14.1. The molecular formula is C14H18NO3W-. The van der Waals surface area contributed by atoms with Crippen LogP contribution in [0.2, 0.25) is 0 Å². The molecule has 2 amide bonds. The van der Waals surface area contributed by atoms with Gasteiger partial charge in [-0.3, -0.25) is 4.79 Å². The number of rotatable bonds is 3. The van der Waals surface area contributed by atoms with E-state index in [4.69, 9.17) is 4.74 Å². The van der Waals surface area contributed by atoms with Gasteiger partial charge < -0.3 is 12.2 Å². The summed E-state index contributed by atoms with van der Waals surface area (Å²) in [7, 11) is 0. The molecule has 0 aromatic heterocycles. The molecule has 5 heteroatoms. The third kappa shape index (κ3) is 4.17. The molecule has 0 saturated carbocycles. The maximum Gasteiger partial charge on any atom is 0.416 e. The van der Waals surface area contributed by atoms with E-state index in [1.165, 1.54) is 4.90 Å². The SMILES string of the molecule is CCC(=O)N1C(=O)OC[C@@H]1Cc1ccccc1.[CH3-].[W]. The molecule has 1 aromatic rings. The monoisotopic (exact) mass is 432 g/mol. The van der Waals surface area contributed by atoms with Crippen LogP contribution in [0.25, 0.3) is 0 Å². The summed E-state index contributed by atoms with van der Waals surface area (Å²) in [5.74, 6) is -0.173. The number of carbonyl (C=O) groups is 2. The summed E-state index contributed by atoms with van der Waals surface area (Å²) in [5, 5.41) is 0. The predicted octanol–water partition coefficient (Wildman–Crippen LogP) is 2.43. The van der Waals surface area contributed by atoms with E-state index in [0.29, 0.717) is 19.4 Å². The predicted molar refractivity (Wildman–Crippen MR) is 68.8 cm³/mol. The Hall–Kier alpha value is -1.15. The summed E-state index contributed by atoms with van der Waals surface area (Å²) in [4.78, 5) is 24.4. The minimum absolute atomic E-state index is 0. The quantitative estimate of drug-likeness (QED) is 0.690. The molecule has 0 bridgehead atoms. The Kier molecular flexibility index (Phi) is 7.61. The van der Waals surface area contributed by atoms with Crippen LogP contribution >= 0.6 is 0 Å². The number of hydrogen-bond donors (Lipinski definition) is 0. The molecule has 104 valence electrons. The molecule has 1 heterocycles. The van der Waals surface area contributed by atoms with E-state index in [1.54, 1.807) is 6.92 Å². The van der Waals surface area contributed by atoms with Gasteiger partial charge >= 0.3 is 6.09 Å². The van der Waals surface area contributed by atoms with Crippen molar-refractivity contribution in [3.63, 3.8) is 0 Å². The van der Waals surface area contributed by atoms with Crippen LogP contribution in [0.3, 0.4) is 0 Å². The Labute approximate surface area is 128 Å². The third-order valence-corrected chi connectivity index (χ3v) is 2.85. The van der Waals surface area contributed by atoms with Gasteiger partial charge in [0.25, 0.3) is 0 Å². The zero-order chi connectivity index (χ0) is 12.3. The fraction of sp³-hybridized carbons (Fsp3) is 0.357. The van der Waals surface area contributed by atoms with E-state index in [9.17, 15) is 9.59 Å². The molecule has 1 aliphatic rings. The Morgan fingerprint density at radius 1 is 1.37 bits per heavy atom. The van der Waals surface area contributed by atoms with Crippen LogP contribution in [0.5, 0.6) is 0 Å². The van der Waals surface area contributed by atoms with E-state index in [-0.39, 0.29) is 40.4 Å². The van der Waals surface area contributed by atoms with Crippen LogP contribution < -0.4 is 0 Å². The standard InChI is InChI=1S/C13H15NO3.CH3.W/c1-2-12(15)14-11(9-17-13(14)16)8-10-6-4-3-5-7-10;;/h3-7,11H,2,8-9H2,1H3;1H3;/q;-1;/t11-;;/m0../s1. The van der Waals surface area contributed by atoms with Crippen molar-refractivity contribution in [2.24, 2.45) is 0 Å². The zero-order valence-electron chi connectivity index (χ0n) is 11.2. The molecule has 1 saturated heterocycles. The van der Waals surface area contributed by atoms with E-state index >= 15 is 0 Å². The van der Waals surface area contributed by atoms with Crippen molar-refractivity contribution >= 4 is 12.0 Å². The average molecular weight is 432 g/mol. The minimum atomic E-state index is -0.516. The molecule has 0 N–H and O–H groups in total. The van der Waals surface area contributed by atoms with Crippen LogP contribution in [0.15, 0.2) is 30.3 Å². The number of amides is 2. The Bertz CT molecular complexity index is 422. The first-order chi connectivity index (χ1) is 8.22. The second-order valence-electron chi connectivity index (χ2n) is 4.04. The smallest absolute Gasteiger partial charge is 0.416 e. The fourth-order valence-corrected chi connectivity index (χ4v) is 1.97. The number of ether oxygens (including phenoxy) is 1. The van der Waals surface area contributed by atoms with Crippen molar-refractivity contribution < 1.29 is 35.4 Å². The van der Waals surface area contributed by atoms with Crippen LogP contribution in [0, 0.1) is 7.43 Å². The Morgan fingerprint density at radius 3 is 2.58 bits per heavy atom. The molecule has 1 aliphatic heterocycles. The van der Waals surface area contributed by atoms with Crippen molar-refractivity contribution in [3.05, 3.63) is 43.3 Å². The summed E-state index contributed by atoms with van der Waals surface area (Å²) in [6.45, 7) is 2.03. The Morgan fingerprint density at radius 2 is 2.00 bits per heavy atom. The van der Waals surface area contributed by atoms with Crippen LogP contribution in [0.1, 0.15) is 18.9 Å². The van der Waals surface area contributed by atoms with Crippen LogP contribution in [0.4, 0.5) is 4.79 Å². The first kappa shape index (κ1) is 17.8. The van der Waals surface area contributed by atoms with Gasteiger partial charge in [-0.1, -0.05) is 37.3 Å². The molecular weight excluding hydrogens is 414 g/mol. The summed E-state index contributed by atoms with van der Waals surface area (Å²) in [6, 6.07) is 9.62.